The second-order valence-corrected chi connectivity index (χ2v) is 8.33. The molecule has 0 saturated carbocycles. The smallest absolute Gasteiger partial charge is 0.410 e. The minimum atomic E-state index is -0.915. The van der Waals surface area contributed by atoms with Crippen LogP contribution >= 0.6 is 0 Å². The summed E-state index contributed by atoms with van der Waals surface area (Å²) in [5.41, 5.74) is -0.669. The van der Waals surface area contributed by atoms with Crippen LogP contribution in [0.3, 0.4) is 0 Å². The summed E-state index contributed by atoms with van der Waals surface area (Å²) in [4.78, 5) is 16.1. The molecule has 1 amide bonds. The molecular formula is C17H32N2O3. The van der Waals surface area contributed by atoms with Crippen molar-refractivity contribution in [3.8, 4) is 0 Å². The third-order valence-electron chi connectivity index (χ3n) is 5.13. The van der Waals surface area contributed by atoms with E-state index in [2.05, 4.69) is 25.7 Å². The summed E-state index contributed by atoms with van der Waals surface area (Å²) in [5.74, 6) is 0.662. The normalized spacial score (nSPS) is 25.6. The zero-order valence-electron chi connectivity index (χ0n) is 14.8. The monoisotopic (exact) mass is 312 g/mol. The maximum Gasteiger partial charge on any atom is 0.410 e. The van der Waals surface area contributed by atoms with Crippen LogP contribution in [0.2, 0.25) is 0 Å². The average molecular weight is 312 g/mol. The number of aliphatic hydroxyl groups is 1. The summed E-state index contributed by atoms with van der Waals surface area (Å²) in [6.07, 6.45) is 3.10. The van der Waals surface area contributed by atoms with Crippen molar-refractivity contribution in [3.05, 3.63) is 0 Å². The molecule has 2 aliphatic rings. The van der Waals surface area contributed by atoms with Crippen LogP contribution in [0, 0.1) is 5.92 Å². The number of carbonyl (C=O) groups excluding carboxylic acids is 1. The predicted octanol–water partition coefficient (Wildman–Crippen LogP) is 2.48. The number of ether oxygens (including phenoxy) is 1. The molecule has 1 atom stereocenters. The van der Waals surface area contributed by atoms with Gasteiger partial charge in [-0.15, -0.1) is 0 Å². The van der Waals surface area contributed by atoms with Crippen molar-refractivity contribution in [2.45, 2.75) is 71.1 Å². The molecule has 0 unspecified atom stereocenters. The van der Waals surface area contributed by atoms with E-state index in [0.29, 0.717) is 19.1 Å². The fourth-order valence-electron chi connectivity index (χ4n) is 3.50. The average Bonchev–Trinajstić information content (AvgIpc) is 2.77. The van der Waals surface area contributed by atoms with Gasteiger partial charge in [0.2, 0.25) is 0 Å². The lowest BCUT2D eigenvalue weighted by Crippen LogP contribution is -2.49. The van der Waals surface area contributed by atoms with E-state index in [4.69, 9.17) is 4.74 Å². The number of rotatable bonds is 4. The van der Waals surface area contributed by atoms with E-state index < -0.39 is 5.60 Å². The quantitative estimate of drug-likeness (QED) is 0.866. The van der Waals surface area contributed by atoms with Crippen molar-refractivity contribution in [1.29, 1.82) is 0 Å². The molecule has 5 heteroatoms. The van der Waals surface area contributed by atoms with Crippen molar-refractivity contribution in [1.82, 2.24) is 9.80 Å². The molecule has 22 heavy (non-hydrogen) atoms. The molecule has 2 aliphatic heterocycles. The van der Waals surface area contributed by atoms with E-state index in [0.717, 1.165) is 19.5 Å². The molecule has 128 valence electrons. The highest BCUT2D eigenvalue weighted by molar-refractivity contribution is 5.70. The number of hydrogen-bond acceptors (Lipinski definition) is 4. The lowest BCUT2D eigenvalue weighted by atomic mass is 9.90. The van der Waals surface area contributed by atoms with Gasteiger partial charge in [0, 0.05) is 12.1 Å². The number of hydrogen-bond donors (Lipinski definition) is 1. The molecule has 1 N–H and O–H groups in total. The second-order valence-electron chi connectivity index (χ2n) is 8.33. The third kappa shape index (κ3) is 4.13. The van der Waals surface area contributed by atoms with Crippen LogP contribution in [0.1, 0.15) is 53.9 Å². The van der Waals surface area contributed by atoms with Gasteiger partial charge in [0.05, 0.1) is 11.6 Å². The fourth-order valence-corrected chi connectivity index (χ4v) is 3.50. The topological polar surface area (TPSA) is 53.0 Å². The van der Waals surface area contributed by atoms with Crippen molar-refractivity contribution >= 4 is 6.09 Å². The van der Waals surface area contributed by atoms with Crippen LogP contribution in [-0.4, -0.2) is 64.4 Å². The third-order valence-corrected chi connectivity index (χ3v) is 5.13. The first-order chi connectivity index (χ1) is 10.1. The lowest BCUT2D eigenvalue weighted by Gasteiger charge is -2.41. The Morgan fingerprint density at radius 2 is 1.77 bits per heavy atom. The van der Waals surface area contributed by atoms with Crippen LogP contribution in [-0.2, 0) is 4.74 Å². The van der Waals surface area contributed by atoms with E-state index >= 15 is 0 Å². The Kier molecular flexibility index (Phi) is 5.07. The first kappa shape index (κ1) is 17.5. The number of likely N-dealkylation sites (tertiary alicyclic amines) is 1. The van der Waals surface area contributed by atoms with E-state index in [9.17, 15) is 9.90 Å². The van der Waals surface area contributed by atoms with Gasteiger partial charge in [0.25, 0.3) is 0 Å². The summed E-state index contributed by atoms with van der Waals surface area (Å²) in [7, 11) is 0. The Labute approximate surface area is 134 Å². The van der Waals surface area contributed by atoms with Gasteiger partial charge in [-0.05, 0) is 72.9 Å². The number of piperidine rings is 1. The SMILES string of the molecule is CC(C)(O)[C@@H]1COC(=O)N1CCC1CCN(C(C)(C)C)CC1. The van der Waals surface area contributed by atoms with Gasteiger partial charge < -0.3 is 9.84 Å². The highest BCUT2D eigenvalue weighted by Gasteiger charge is 2.42. The van der Waals surface area contributed by atoms with Crippen LogP contribution in [0.15, 0.2) is 0 Å². The van der Waals surface area contributed by atoms with Crippen LogP contribution < -0.4 is 0 Å². The van der Waals surface area contributed by atoms with Gasteiger partial charge in [0.1, 0.15) is 6.61 Å². The zero-order valence-corrected chi connectivity index (χ0v) is 14.8. The molecule has 0 aliphatic carbocycles. The minimum absolute atomic E-state index is 0.227. The van der Waals surface area contributed by atoms with Crippen LogP contribution in [0.25, 0.3) is 0 Å². The Bertz CT molecular complexity index is 390. The van der Waals surface area contributed by atoms with Crippen molar-refractivity contribution in [2.75, 3.05) is 26.2 Å². The summed E-state index contributed by atoms with van der Waals surface area (Å²) < 4.78 is 5.13. The van der Waals surface area contributed by atoms with E-state index in [1.807, 2.05) is 0 Å². The minimum Gasteiger partial charge on any atom is -0.447 e. The summed E-state index contributed by atoms with van der Waals surface area (Å²) in [6.45, 7) is 13.5. The fraction of sp³-hybridized carbons (Fsp3) is 0.941. The molecule has 0 aromatic heterocycles. The van der Waals surface area contributed by atoms with Crippen molar-refractivity contribution < 1.29 is 14.6 Å². The van der Waals surface area contributed by atoms with Gasteiger partial charge in [-0.1, -0.05) is 0 Å². The van der Waals surface area contributed by atoms with Gasteiger partial charge in [0.15, 0.2) is 0 Å². The van der Waals surface area contributed by atoms with Gasteiger partial charge in [-0.2, -0.15) is 0 Å². The summed E-state index contributed by atoms with van der Waals surface area (Å²) >= 11 is 0. The molecule has 2 saturated heterocycles. The Morgan fingerprint density at radius 1 is 1.18 bits per heavy atom. The number of carbonyl (C=O) groups is 1. The van der Waals surface area contributed by atoms with E-state index in [1.54, 1.807) is 18.7 Å². The van der Waals surface area contributed by atoms with Crippen LogP contribution in [0.4, 0.5) is 4.79 Å². The van der Waals surface area contributed by atoms with E-state index in [-0.39, 0.29) is 17.7 Å². The Hall–Kier alpha value is -0.810. The molecule has 0 aromatic carbocycles. The largest absolute Gasteiger partial charge is 0.447 e. The highest BCUT2D eigenvalue weighted by atomic mass is 16.6. The van der Waals surface area contributed by atoms with Crippen molar-refractivity contribution in [3.63, 3.8) is 0 Å². The first-order valence-electron chi connectivity index (χ1n) is 8.50. The second kappa shape index (κ2) is 6.36. The van der Waals surface area contributed by atoms with Gasteiger partial charge in [-0.25, -0.2) is 4.79 Å². The Morgan fingerprint density at radius 3 is 2.27 bits per heavy atom. The highest BCUT2D eigenvalue weighted by Crippen LogP contribution is 2.28. The molecule has 5 nitrogen and oxygen atoms in total. The standard InChI is InChI=1S/C17H32N2O3/c1-16(2,3)18-9-6-13(7-10-18)8-11-19-14(17(4,5)21)12-22-15(19)20/h13-14,21H,6-12H2,1-5H3/t14-/m0/s1. The molecule has 0 aromatic rings. The molecule has 2 fully saturated rings. The first-order valence-corrected chi connectivity index (χ1v) is 8.50. The molecular weight excluding hydrogens is 280 g/mol. The Balaban J connectivity index is 1.82. The number of amides is 1. The number of nitrogens with zero attached hydrogens (tertiary/aromatic N) is 2. The molecule has 0 spiro atoms. The lowest BCUT2D eigenvalue weighted by molar-refractivity contribution is 0.00513. The molecule has 2 rings (SSSR count). The van der Waals surface area contributed by atoms with E-state index in [1.165, 1.54) is 12.8 Å². The maximum atomic E-state index is 11.9. The van der Waals surface area contributed by atoms with Crippen molar-refractivity contribution in [2.24, 2.45) is 5.92 Å². The van der Waals surface area contributed by atoms with Gasteiger partial charge >= 0.3 is 6.09 Å². The number of cyclic esters (lactones) is 1. The summed E-state index contributed by atoms with van der Waals surface area (Å²) in [5, 5.41) is 10.2. The van der Waals surface area contributed by atoms with Gasteiger partial charge in [-0.3, -0.25) is 9.80 Å². The maximum absolute atomic E-state index is 11.9. The summed E-state index contributed by atoms with van der Waals surface area (Å²) in [6, 6.07) is -0.227. The zero-order chi connectivity index (χ0) is 16.5. The molecule has 0 radical (unpaired) electrons. The predicted molar refractivity (Wildman–Crippen MR) is 86.8 cm³/mol. The molecule has 0 bridgehead atoms. The van der Waals surface area contributed by atoms with Crippen LogP contribution in [0.5, 0.6) is 0 Å². The molecule has 2 heterocycles.